The van der Waals surface area contributed by atoms with Gasteiger partial charge in [-0.25, -0.2) is 0 Å². The van der Waals surface area contributed by atoms with E-state index in [2.05, 4.69) is 27.2 Å². The van der Waals surface area contributed by atoms with Gasteiger partial charge in [-0.2, -0.15) is 0 Å². The number of benzene rings is 2. The van der Waals surface area contributed by atoms with Crippen molar-refractivity contribution < 1.29 is 9.84 Å². The third-order valence-electron chi connectivity index (χ3n) is 6.33. The maximum Gasteiger partial charge on any atom is 0.198 e. The summed E-state index contributed by atoms with van der Waals surface area (Å²) in [6.07, 6.45) is 4.98. The van der Waals surface area contributed by atoms with Crippen LogP contribution >= 0.6 is 0 Å². The number of phenols is 1. The molecule has 166 valence electrons. The van der Waals surface area contributed by atoms with E-state index in [0.29, 0.717) is 24.9 Å². The number of anilines is 1. The predicted octanol–water partition coefficient (Wildman–Crippen LogP) is 4.03. The lowest BCUT2D eigenvalue weighted by molar-refractivity contribution is 0.163. The third kappa shape index (κ3) is 5.57. The van der Waals surface area contributed by atoms with Crippen LogP contribution in [0.25, 0.3) is 11.1 Å². The molecule has 2 aromatic carbocycles. The lowest BCUT2D eigenvalue weighted by atomic mass is 10.0. The first-order valence-corrected chi connectivity index (χ1v) is 11.4. The normalized spacial score (nSPS) is 18.5. The van der Waals surface area contributed by atoms with Crippen molar-refractivity contribution in [2.75, 3.05) is 51.8 Å². The lowest BCUT2D eigenvalue weighted by Gasteiger charge is -2.38. The van der Waals surface area contributed by atoms with Crippen LogP contribution < -0.4 is 5.32 Å². The van der Waals surface area contributed by atoms with E-state index in [0.717, 1.165) is 43.0 Å². The molecule has 2 heterocycles. The minimum Gasteiger partial charge on any atom is -0.506 e. The van der Waals surface area contributed by atoms with Gasteiger partial charge in [0.05, 0.1) is 18.8 Å². The Morgan fingerprint density at radius 1 is 1.03 bits per heavy atom. The molecule has 6 heteroatoms. The largest absolute Gasteiger partial charge is 0.506 e. The van der Waals surface area contributed by atoms with Crippen molar-refractivity contribution in [2.24, 2.45) is 4.99 Å². The summed E-state index contributed by atoms with van der Waals surface area (Å²) in [4.78, 5) is 9.75. The lowest BCUT2D eigenvalue weighted by Crippen LogP contribution is -2.48. The van der Waals surface area contributed by atoms with Crippen molar-refractivity contribution in [1.29, 1.82) is 0 Å². The summed E-state index contributed by atoms with van der Waals surface area (Å²) in [5, 5.41) is 13.9. The van der Waals surface area contributed by atoms with Crippen molar-refractivity contribution in [3.63, 3.8) is 0 Å². The van der Waals surface area contributed by atoms with Gasteiger partial charge in [0.2, 0.25) is 0 Å². The second-order valence-corrected chi connectivity index (χ2v) is 8.38. The van der Waals surface area contributed by atoms with Crippen molar-refractivity contribution in [3.8, 4) is 16.9 Å². The zero-order valence-electron chi connectivity index (χ0n) is 18.5. The average Bonchev–Trinajstić information content (AvgIpc) is 3.36. The number of likely N-dealkylation sites (tertiary alicyclic amines) is 2. The highest BCUT2D eigenvalue weighted by molar-refractivity contribution is 5.95. The average molecular weight is 423 g/mol. The minimum absolute atomic E-state index is 0.228. The number of aromatic hydroxyl groups is 1. The summed E-state index contributed by atoms with van der Waals surface area (Å²) in [5.74, 6) is 1.04. The van der Waals surface area contributed by atoms with Gasteiger partial charge in [-0.05, 0) is 62.0 Å². The first kappa shape index (κ1) is 21.7. The Balaban J connectivity index is 1.49. The van der Waals surface area contributed by atoms with Crippen LogP contribution in [0.5, 0.6) is 5.75 Å². The van der Waals surface area contributed by atoms with Crippen molar-refractivity contribution in [3.05, 3.63) is 48.5 Å². The van der Waals surface area contributed by atoms with Gasteiger partial charge in [0.15, 0.2) is 5.96 Å². The van der Waals surface area contributed by atoms with E-state index in [9.17, 15) is 5.11 Å². The first-order valence-electron chi connectivity index (χ1n) is 11.4. The molecule has 0 bridgehead atoms. The topological polar surface area (TPSA) is 60.3 Å². The maximum absolute atomic E-state index is 10.5. The fourth-order valence-electron chi connectivity index (χ4n) is 4.58. The number of hydrogen-bond donors (Lipinski definition) is 2. The number of nitrogens with one attached hydrogen (secondary N) is 1. The number of phenolic OH excluding ortho intramolecular Hbond substituents is 1. The van der Waals surface area contributed by atoms with Crippen LogP contribution in [0.4, 0.5) is 5.69 Å². The van der Waals surface area contributed by atoms with Crippen molar-refractivity contribution in [2.45, 2.75) is 31.7 Å². The highest BCUT2D eigenvalue weighted by atomic mass is 16.5. The van der Waals surface area contributed by atoms with Gasteiger partial charge >= 0.3 is 0 Å². The summed E-state index contributed by atoms with van der Waals surface area (Å²) >= 11 is 0. The van der Waals surface area contributed by atoms with E-state index in [1.807, 2.05) is 30.3 Å². The summed E-state index contributed by atoms with van der Waals surface area (Å²) < 4.78 is 5.21. The van der Waals surface area contributed by atoms with Crippen LogP contribution in [0.1, 0.15) is 25.7 Å². The summed E-state index contributed by atoms with van der Waals surface area (Å²) in [6, 6.07) is 16.6. The Morgan fingerprint density at radius 2 is 1.77 bits per heavy atom. The standard InChI is InChI=1S/C25H34N4O2/c1-31-18-13-26-25(29-16-11-22(12-17-29)28-14-5-6-15-28)27-23-19-21(9-10-24(23)30)20-7-3-2-4-8-20/h2-4,7-10,19,22,30H,5-6,11-18H2,1H3,(H,26,27). The summed E-state index contributed by atoms with van der Waals surface area (Å²) in [7, 11) is 1.69. The fraction of sp³-hybridized carbons (Fsp3) is 0.480. The van der Waals surface area contributed by atoms with Gasteiger partial charge in [0, 0.05) is 26.2 Å². The van der Waals surface area contributed by atoms with E-state index >= 15 is 0 Å². The Labute approximate surface area is 185 Å². The number of methoxy groups -OCH3 is 1. The van der Waals surface area contributed by atoms with Crippen molar-refractivity contribution in [1.82, 2.24) is 9.80 Å². The number of ether oxygens (including phenoxy) is 1. The zero-order valence-corrected chi connectivity index (χ0v) is 18.5. The fourth-order valence-corrected chi connectivity index (χ4v) is 4.58. The quantitative estimate of drug-likeness (QED) is 0.319. The van der Waals surface area contributed by atoms with Gasteiger partial charge in [0.25, 0.3) is 0 Å². The molecule has 2 N–H and O–H groups in total. The molecular formula is C25H34N4O2. The first-order chi connectivity index (χ1) is 15.2. The van der Waals surface area contributed by atoms with E-state index in [1.165, 1.54) is 25.9 Å². The summed E-state index contributed by atoms with van der Waals surface area (Å²) in [5.41, 5.74) is 2.86. The Hall–Kier alpha value is -2.57. The minimum atomic E-state index is 0.228. The Morgan fingerprint density at radius 3 is 2.48 bits per heavy atom. The molecule has 0 spiro atoms. The van der Waals surface area contributed by atoms with E-state index in [-0.39, 0.29) is 5.75 Å². The molecule has 31 heavy (non-hydrogen) atoms. The SMILES string of the molecule is COCCN=C(Nc1cc(-c2ccccc2)ccc1O)N1CCC(N2CCCC2)CC1. The molecule has 0 unspecified atom stereocenters. The van der Waals surface area contributed by atoms with Gasteiger partial charge in [-0.1, -0.05) is 36.4 Å². The number of nitrogens with zero attached hydrogens (tertiary/aromatic N) is 3. The van der Waals surface area contributed by atoms with Gasteiger partial charge in [0.1, 0.15) is 5.75 Å². The Kier molecular flexibility index (Phi) is 7.43. The van der Waals surface area contributed by atoms with Crippen LogP contribution in [0.2, 0.25) is 0 Å². The molecule has 2 aliphatic rings. The molecule has 2 fully saturated rings. The number of hydrogen-bond acceptors (Lipinski definition) is 4. The Bertz CT molecular complexity index is 857. The van der Waals surface area contributed by atoms with Gasteiger partial charge < -0.3 is 25.0 Å². The second kappa shape index (κ2) is 10.6. The van der Waals surface area contributed by atoms with Crippen LogP contribution in [-0.4, -0.2) is 73.3 Å². The third-order valence-corrected chi connectivity index (χ3v) is 6.33. The van der Waals surface area contributed by atoms with Gasteiger partial charge in [-0.15, -0.1) is 0 Å². The monoisotopic (exact) mass is 422 g/mol. The van der Waals surface area contributed by atoms with E-state index in [4.69, 9.17) is 9.73 Å². The van der Waals surface area contributed by atoms with Crippen LogP contribution in [0.15, 0.2) is 53.5 Å². The van der Waals surface area contributed by atoms with Crippen LogP contribution in [0.3, 0.4) is 0 Å². The predicted molar refractivity (Wildman–Crippen MR) is 127 cm³/mol. The molecule has 4 rings (SSSR count). The van der Waals surface area contributed by atoms with E-state index < -0.39 is 0 Å². The molecule has 0 saturated carbocycles. The molecule has 2 saturated heterocycles. The van der Waals surface area contributed by atoms with Gasteiger partial charge in [-0.3, -0.25) is 4.99 Å². The number of guanidine groups is 1. The zero-order chi connectivity index (χ0) is 21.5. The molecule has 0 amide bonds. The number of piperidine rings is 1. The summed E-state index contributed by atoms with van der Waals surface area (Å²) in [6.45, 7) is 5.60. The molecule has 0 atom stereocenters. The molecule has 0 aromatic heterocycles. The molecule has 0 aliphatic carbocycles. The molecular weight excluding hydrogens is 388 g/mol. The van der Waals surface area contributed by atoms with Crippen LogP contribution in [-0.2, 0) is 4.74 Å². The molecule has 6 nitrogen and oxygen atoms in total. The maximum atomic E-state index is 10.5. The highest BCUT2D eigenvalue weighted by Crippen LogP contribution is 2.30. The smallest absolute Gasteiger partial charge is 0.198 e. The van der Waals surface area contributed by atoms with Crippen LogP contribution in [0, 0.1) is 0 Å². The molecule has 2 aliphatic heterocycles. The van der Waals surface area contributed by atoms with E-state index in [1.54, 1.807) is 13.2 Å². The second-order valence-electron chi connectivity index (χ2n) is 8.38. The number of rotatable bonds is 6. The highest BCUT2D eigenvalue weighted by Gasteiger charge is 2.28. The molecule has 0 radical (unpaired) electrons. The number of aliphatic imine (C=N–C) groups is 1. The molecule has 2 aromatic rings. The van der Waals surface area contributed by atoms with Crippen molar-refractivity contribution >= 4 is 11.6 Å².